The number of nitrogens with zero attached hydrogens (tertiary/aromatic N) is 3. The number of rotatable bonds is 6. The van der Waals surface area contributed by atoms with Gasteiger partial charge in [-0.3, -0.25) is 0 Å². The van der Waals surface area contributed by atoms with Gasteiger partial charge in [0.1, 0.15) is 0 Å². The summed E-state index contributed by atoms with van der Waals surface area (Å²) in [5.74, 6) is 0.887. The highest BCUT2D eigenvalue weighted by atomic mass is 35.5. The lowest BCUT2D eigenvalue weighted by atomic mass is 9.99. The highest BCUT2D eigenvalue weighted by Crippen LogP contribution is 2.35. The van der Waals surface area contributed by atoms with Crippen molar-refractivity contribution in [3.05, 3.63) is 30.1 Å². The predicted molar refractivity (Wildman–Crippen MR) is 101 cm³/mol. The summed E-state index contributed by atoms with van der Waals surface area (Å²) in [6.45, 7) is 4.51. The summed E-state index contributed by atoms with van der Waals surface area (Å²) in [4.78, 5) is 4.69. The van der Waals surface area contributed by atoms with E-state index >= 15 is 0 Å². The maximum Gasteiger partial charge on any atom is 0.257 e. The highest BCUT2D eigenvalue weighted by Gasteiger charge is 2.36. The summed E-state index contributed by atoms with van der Waals surface area (Å²) in [7, 11) is -3.47. The molecule has 0 saturated heterocycles. The van der Waals surface area contributed by atoms with Crippen LogP contribution in [0.5, 0.6) is 0 Å². The molecule has 1 aromatic heterocycles. The Labute approximate surface area is 160 Å². The summed E-state index contributed by atoms with van der Waals surface area (Å²) in [6.07, 6.45) is 3.84. The molecule has 1 aliphatic rings. The van der Waals surface area contributed by atoms with Gasteiger partial charge >= 0.3 is 0 Å². The molecule has 1 heterocycles. The molecular weight excluding hydrogens is 376 g/mol. The van der Waals surface area contributed by atoms with E-state index < -0.39 is 15.6 Å². The second-order valence-corrected chi connectivity index (χ2v) is 8.34. The summed E-state index contributed by atoms with van der Waals surface area (Å²) < 4.78 is 31.8. The molecule has 0 spiro atoms. The molecule has 26 heavy (non-hydrogen) atoms. The molecule has 0 amide bonds. The van der Waals surface area contributed by atoms with Gasteiger partial charge in [0.05, 0.1) is 10.4 Å². The van der Waals surface area contributed by atoms with Gasteiger partial charge in [0, 0.05) is 18.7 Å². The largest absolute Gasteiger partial charge is 0.334 e. The van der Waals surface area contributed by atoms with E-state index in [9.17, 15) is 8.42 Å². The molecule has 0 atom stereocenters. The molecule has 2 aromatic rings. The lowest BCUT2D eigenvalue weighted by molar-refractivity contribution is 0.372. The van der Waals surface area contributed by atoms with Crippen LogP contribution in [0.25, 0.3) is 11.5 Å². The van der Waals surface area contributed by atoms with E-state index in [1.807, 2.05) is 13.8 Å². The smallest absolute Gasteiger partial charge is 0.257 e. The summed E-state index contributed by atoms with van der Waals surface area (Å²) >= 11 is 0. The van der Waals surface area contributed by atoms with Crippen LogP contribution in [-0.4, -0.2) is 36.0 Å². The van der Waals surface area contributed by atoms with Crippen LogP contribution < -0.4 is 5.73 Å². The average Bonchev–Trinajstić information content (AvgIpc) is 3.26. The van der Waals surface area contributed by atoms with Crippen LogP contribution in [0.2, 0.25) is 0 Å². The fourth-order valence-corrected chi connectivity index (χ4v) is 4.71. The second kappa shape index (κ2) is 8.04. The number of nitrogens with two attached hydrogens (primary N) is 1. The molecule has 1 aromatic carbocycles. The zero-order valence-corrected chi connectivity index (χ0v) is 16.6. The van der Waals surface area contributed by atoms with E-state index in [0.717, 1.165) is 25.7 Å². The number of hydrogen-bond acceptors (Lipinski definition) is 6. The fourth-order valence-electron chi connectivity index (χ4n) is 3.25. The molecule has 1 saturated carbocycles. The third kappa shape index (κ3) is 3.78. The molecule has 0 radical (unpaired) electrons. The minimum Gasteiger partial charge on any atom is -0.334 e. The lowest BCUT2D eigenvalue weighted by Gasteiger charge is -2.18. The Balaban J connectivity index is 0.00000243. The minimum absolute atomic E-state index is 0. The second-order valence-electron chi connectivity index (χ2n) is 6.40. The van der Waals surface area contributed by atoms with Gasteiger partial charge in [0.2, 0.25) is 10.0 Å². The van der Waals surface area contributed by atoms with Crippen molar-refractivity contribution >= 4 is 22.4 Å². The Morgan fingerprint density at radius 3 is 2.27 bits per heavy atom. The molecule has 3 rings (SSSR count). The van der Waals surface area contributed by atoms with Crippen molar-refractivity contribution in [1.82, 2.24) is 14.4 Å². The Morgan fingerprint density at radius 1 is 1.15 bits per heavy atom. The minimum atomic E-state index is -3.47. The number of aromatic nitrogens is 2. The fraction of sp³-hybridized carbons (Fsp3) is 0.529. The maximum atomic E-state index is 12.5. The summed E-state index contributed by atoms with van der Waals surface area (Å²) in [5, 5.41) is 4.03. The van der Waals surface area contributed by atoms with Gasteiger partial charge in [-0.15, -0.1) is 12.4 Å². The van der Waals surface area contributed by atoms with Crippen LogP contribution in [0.1, 0.15) is 45.4 Å². The summed E-state index contributed by atoms with van der Waals surface area (Å²) in [5.41, 5.74) is 6.52. The Kier molecular flexibility index (Phi) is 6.44. The van der Waals surface area contributed by atoms with Crippen molar-refractivity contribution in [1.29, 1.82) is 0 Å². The van der Waals surface area contributed by atoms with Crippen molar-refractivity contribution in [3.63, 3.8) is 0 Å². The first-order chi connectivity index (χ1) is 11.9. The average molecular weight is 401 g/mol. The predicted octanol–water partition coefficient (Wildman–Crippen LogP) is 2.92. The van der Waals surface area contributed by atoms with Crippen molar-refractivity contribution in [2.45, 2.75) is 50.0 Å². The van der Waals surface area contributed by atoms with E-state index in [4.69, 9.17) is 10.3 Å². The molecule has 0 bridgehead atoms. The molecule has 2 N–H and O–H groups in total. The number of hydrogen-bond donors (Lipinski definition) is 1. The zero-order chi connectivity index (χ0) is 18.1. The number of halogens is 1. The van der Waals surface area contributed by atoms with Crippen LogP contribution >= 0.6 is 12.4 Å². The van der Waals surface area contributed by atoms with Gasteiger partial charge < -0.3 is 10.3 Å². The molecule has 7 nitrogen and oxygen atoms in total. The van der Waals surface area contributed by atoms with Crippen LogP contribution in [0, 0.1) is 0 Å². The van der Waals surface area contributed by atoms with Gasteiger partial charge in [-0.25, -0.2) is 8.42 Å². The van der Waals surface area contributed by atoms with Gasteiger partial charge in [0.25, 0.3) is 5.89 Å². The topological polar surface area (TPSA) is 102 Å². The van der Waals surface area contributed by atoms with Gasteiger partial charge in [-0.05, 0) is 37.1 Å². The molecular formula is C17H25ClN4O3S. The van der Waals surface area contributed by atoms with Gasteiger partial charge in [-0.2, -0.15) is 9.29 Å². The van der Waals surface area contributed by atoms with Crippen molar-refractivity contribution in [2.24, 2.45) is 5.73 Å². The SMILES string of the molecule is CCN(CC)S(=O)(=O)c1ccc(-c2nc(C3(N)CCCC3)no2)cc1.Cl. The van der Waals surface area contributed by atoms with Crippen LogP contribution in [0.4, 0.5) is 0 Å². The standard InChI is InChI=1S/C17H24N4O3S.ClH/c1-3-21(4-2)25(22,23)14-9-7-13(8-10-14)15-19-16(20-24-15)17(18)11-5-6-12-17;/h7-10H,3-6,11-12,18H2,1-2H3;1H. The van der Waals surface area contributed by atoms with Crippen LogP contribution in [-0.2, 0) is 15.6 Å². The Morgan fingerprint density at radius 2 is 1.73 bits per heavy atom. The Bertz CT molecular complexity index is 826. The Hall–Kier alpha value is -1.48. The van der Waals surface area contributed by atoms with Crippen LogP contribution in [0.15, 0.2) is 33.7 Å². The number of sulfonamides is 1. The normalized spacial score (nSPS) is 16.6. The molecule has 144 valence electrons. The van der Waals surface area contributed by atoms with Crippen LogP contribution in [0.3, 0.4) is 0 Å². The van der Waals surface area contributed by atoms with E-state index in [0.29, 0.717) is 30.4 Å². The molecule has 1 aliphatic carbocycles. The van der Waals surface area contributed by atoms with Gasteiger partial charge in [-0.1, -0.05) is 31.8 Å². The van der Waals surface area contributed by atoms with Crippen molar-refractivity contribution in [3.8, 4) is 11.5 Å². The van der Waals surface area contributed by atoms with E-state index in [1.165, 1.54) is 4.31 Å². The van der Waals surface area contributed by atoms with Crippen molar-refractivity contribution < 1.29 is 12.9 Å². The first-order valence-corrected chi connectivity index (χ1v) is 10.1. The van der Waals surface area contributed by atoms with E-state index in [1.54, 1.807) is 24.3 Å². The quantitative estimate of drug-likeness (QED) is 0.799. The third-order valence-electron chi connectivity index (χ3n) is 4.81. The first-order valence-electron chi connectivity index (χ1n) is 8.64. The van der Waals surface area contributed by atoms with E-state index in [2.05, 4.69) is 10.1 Å². The summed E-state index contributed by atoms with van der Waals surface area (Å²) in [6, 6.07) is 6.51. The van der Waals surface area contributed by atoms with Crippen molar-refractivity contribution in [2.75, 3.05) is 13.1 Å². The molecule has 1 fully saturated rings. The first kappa shape index (κ1) is 20.8. The monoisotopic (exact) mass is 400 g/mol. The highest BCUT2D eigenvalue weighted by molar-refractivity contribution is 7.89. The maximum absolute atomic E-state index is 12.5. The van der Waals surface area contributed by atoms with Gasteiger partial charge in [0.15, 0.2) is 5.82 Å². The molecule has 0 unspecified atom stereocenters. The number of benzene rings is 1. The zero-order valence-electron chi connectivity index (χ0n) is 15.0. The third-order valence-corrected chi connectivity index (χ3v) is 6.88. The van der Waals surface area contributed by atoms with E-state index in [-0.39, 0.29) is 17.3 Å². The molecule has 9 heteroatoms. The molecule has 0 aliphatic heterocycles. The lowest BCUT2D eigenvalue weighted by Crippen LogP contribution is -2.34.